The number of aliphatic hydroxyl groups excluding tert-OH is 2. The van der Waals surface area contributed by atoms with Gasteiger partial charge in [0, 0.05) is 19.3 Å². The van der Waals surface area contributed by atoms with E-state index in [0.29, 0.717) is 25.7 Å². The monoisotopic (exact) mass is 1240 g/mol. The maximum Gasteiger partial charge on any atom is 0.472 e. The minimum absolute atomic E-state index is 0.0796. The van der Waals surface area contributed by atoms with Gasteiger partial charge in [-0.05, 0) is 122 Å². The lowest BCUT2D eigenvalue weighted by molar-refractivity contribution is -0.161. The van der Waals surface area contributed by atoms with Crippen LogP contribution in [0.2, 0.25) is 0 Å². The Hall–Kier alpha value is -3.79. The summed E-state index contributed by atoms with van der Waals surface area (Å²) >= 11 is 0. The molecule has 0 rings (SSSR count). The Morgan fingerprint density at radius 3 is 1.07 bits per heavy atom. The molecule has 18 heteroatoms. The Bertz CT molecular complexity index is 1990. The molecule has 0 aromatic carbocycles. The molecule has 0 bridgehead atoms. The molecule has 0 spiro atoms. The Morgan fingerprint density at radius 2 is 0.635 bits per heavy atom. The van der Waals surface area contributed by atoms with Crippen molar-refractivity contribution in [2.45, 2.75) is 257 Å². The predicted octanol–water partition coefficient (Wildman–Crippen LogP) is 17.3. The van der Waals surface area contributed by atoms with Crippen LogP contribution in [0.5, 0.6) is 0 Å². The van der Waals surface area contributed by atoms with Crippen LogP contribution >= 0.6 is 15.6 Å². The van der Waals surface area contributed by atoms with Crippen LogP contribution in [0.25, 0.3) is 0 Å². The number of hydrogen-bond acceptors (Lipinski definition) is 14. The molecule has 0 aliphatic heterocycles. The zero-order valence-corrected chi connectivity index (χ0v) is 54.3. The van der Waals surface area contributed by atoms with Crippen molar-refractivity contribution in [3.8, 4) is 0 Å². The van der Waals surface area contributed by atoms with Crippen molar-refractivity contribution in [3.63, 3.8) is 0 Å². The van der Waals surface area contributed by atoms with Gasteiger partial charge in [0.15, 0.2) is 6.10 Å². The normalized spacial score (nSPS) is 15.0. The summed E-state index contributed by atoms with van der Waals surface area (Å²) < 4.78 is 60.7. The van der Waals surface area contributed by atoms with Gasteiger partial charge in [-0.15, -0.1) is 0 Å². The van der Waals surface area contributed by atoms with Crippen LogP contribution in [0.15, 0.2) is 109 Å². The lowest BCUT2D eigenvalue weighted by atomic mass is 10.1. The van der Waals surface area contributed by atoms with Gasteiger partial charge in [-0.25, -0.2) is 9.13 Å². The van der Waals surface area contributed by atoms with Crippen molar-refractivity contribution in [1.29, 1.82) is 0 Å². The van der Waals surface area contributed by atoms with E-state index in [0.717, 1.165) is 128 Å². The summed E-state index contributed by atoms with van der Waals surface area (Å²) in [6, 6.07) is 0. The molecule has 0 aromatic rings. The Kier molecular flexibility index (Phi) is 57.8. The molecule has 4 N–H and O–H groups in total. The van der Waals surface area contributed by atoms with Gasteiger partial charge in [0.1, 0.15) is 25.4 Å². The number of phosphoric acid groups is 2. The second-order valence-electron chi connectivity index (χ2n) is 21.2. The zero-order valence-electron chi connectivity index (χ0n) is 52.5. The number of unbranched alkanes of at least 4 members (excludes halogenated alkanes) is 19. The highest BCUT2D eigenvalue weighted by molar-refractivity contribution is 7.47. The van der Waals surface area contributed by atoms with E-state index in [-0.39, 0.29) is 19.3 Å². The van der Waals surface area contributed by atoms with Crippen molar-refractivity contribution in [2.75, 3.05) is 39.6 Å². The summed E-state index contributed by atoms with van der Waals surface area (Å²) in [5.41, 5.74) is 0. The average Bonchev–Trinajstić information content (AvgIpc) is 3.51. The summed E-state index contributed by atoms with van der Waals surface area (Å²) in [5, 5.41) is 20.5. The fourth-order valence-corrected chi connectivity index (χ4v) is 9.60. The number of phosphoric ester groups is 2. The Balaban J connectivity index is 4.72. The smallest absolute Gasteiger partial charge is 0.463 e. The summed E-state index contributed by atoms with van der Waals surface area (Å²) in [4.78, 5) is 58.2. The van der Waals surface area contributed by atoms with E-state index in [1.54, 1.807) is 0 Å². The van der Waals surface area contributed by atoms with Gasteiger partial charge in [0.05, 0.1) is 26.4 Å². The van der Waals surface area contributed by atoms with E-state index in [9.17, 15) is 43.5 Å². The lowest BCUT2D eigenvalue weighted by Crippen LogP contribution is -2.30. The fourth-order valence-electron chi connectivity index (χ4n) is 8.02. The maximum atomic E-state index is 12.9. The molecule has 0 fully saturated rings. The van der Waals surface area contributed by atoms with Crippen molar-refractivity contribution in [2.24, 2.45) is 0 Å². The Morgan fingerprint density at radius 1 is 0.341 bits per heavy atom. The number of carbonyl (C=O) groups is 3. The molecule has 85 heavy (non-hydrogen) atoms. The predicted molar refractivity (Wildman–Crippen MR) is 344 cm³/mol. The van der Waals surface area contributed by atoms with Crippen LogP contribution in [0.1, 0.15) is 239 Å². The van der Waals surface area contributed by atoms with E-state index >= 15 is 0 Å². The highest BCUT2D eigenvalue weighted by Crippen LogP contribution is 2.45. The quantitative estimate of drug-likeness (QED) is 0.0146. The summed E-state index contributed by atoms with van der Waals surface area (Å²) in [6.07, 6.45) is 65.8. The number of hydrogen-bond donors (Lipinski definition) is 4. The highest BCUT2D eigenvalue weighted by Gasteiger charge is 2.29. The molecule has 0 aliphatic rings. The van der Waals surface area contributed by atoms with Crippen molar-refractivity contribution in [3.05, 3.63) is 109 Å². The van der Waals surface area contributed by atoms with Crippen LogP contribution in [0.4, 0.5) is 0 Å². The van der Waals surface area contributed by atoms with Crippen LogP contribution < -0.4 is 0 Å². The molecule has 0 aliphatic carbocycles. The number of carbonyl (C=O) groups excluding carboxylic acids is 3. The van der Waals surface area contributed by atoms with Crippen molar-refractivity contribution >= 4 is 33.6 Å². The first-order valence-electron chi connectivity index (χ1n) is 32.2. The Labute approximate surface area is 513 Å². The minimum Gasteiger partial charge on any atom is -0.463 e. The van der Waals surface area contributed by atoms with Crippen LogP contribution in [0, 0.1) is 0 Å². The van der Waals surface area contributed by atoms with E-state index in [1.807, 2.05) is 12.2 Å². The van der Waals surface area contributed by atoms with Crippen molar-refractivity contribution < 1.29 is 75.8 Å². The van der Waals surface area contributed by atoms with Gasteiger partial charge in [-0.1, -0.05) is 207 Å². The van der Waals surface area contributed by atoms with Gasteiger partial charge in [0.2, 0.25) is 0 Å². The summed E-state index contributed by atoms with van der Waals surface area (Å²) in [6.45, 7) is 2.39. The fraction of sp³-hybridized carbons (Fsp3) is 0.687. The van der Waals surface area contributed by atoms with Gasteiger partial charge in [-0.2, -0.15) is 0 Å². The third-order valence-electron chi connectivity index (χ3n) is 13.0. The number of allylic oxidation sites excluding steroid dienone is 18. The van der Waals surface area contributed by atoms with E-state index in [2.05, 4.69) is 118 Å². The third-order valence-corrected chi connectivity index (χ3v) is 14.9. The second kappa shape index (κ2) is 60.5. The minimum atomic E-state index is -4.94. The molecule has 5 unspecified atom stereocenters. The van der Waals surface area contributed by atoms with Gasteiger partial charge in [0.25, 0.3) is 0 Å². The molecule has 0 saturated heterocycles. The van der Waals surface area contributed by atoms with Gasteiger partial charge < -0.3 is 34.2 Å². The molecule has 0 saturated carbocycles. The average molecular weight is 1240 g/mol. The zero-order chi connectivity index (χ0) is 62.4. The standard InChI is InChI=1S/C67H114O16P2/c1-4-7-10-13-16-19-22-25-27-29-30-32-34-36-38-41-44-47-50-53-65(70)77-56-62(68)57-79-84(73,74)80-58-63(69)59-81-85(75,76)82-61-64(83-67(72)55-52-49-46-43-40-35-24-21-18-15-12-9-6-3)60-78-66(71)54-51-48-45-42-39-37-33-31-28-26-23-20-17-14-11-8-5-2/h8,11,16-17,19-21,24-28,30,32-33,37,42,45,62-64,68-69H,4-7,9-10,12-15,18,22-23,29,31,34-36,38-41,43-44,46-61H2,1-3H3,(H,73,74)(H,75,76)/b11-8-,19-16-,20-17-,24-21-,27-25-,28-26-,32-30-,37-33-,45-42-. The topological polar surface area (TPSA) is 231 Å². The van der Waals surface area contributed by atoms with Crippen LogP contribution in [0.3, 0.4) is 0 Å². The number of esters is 3. The van der Waals surface area contributed by atoms with E-state index < -0.39 is 91.5 Å². The first-order chi connectivity index (χ1) is 41.2. The van der Waals surface area contributed by atoms with E-state index in [4.69, 9.17) is 32.3 Å². The lowest BCUT2D eigenvalue weighted by Gasteiger charge is -2.21. The molecule has 0 amide bonds. The van der Waals surface area contributed by atoms with Crippen LogP contribution in [-0.2, 0) is 55.8 Å². The second-order valence-corrected chi connectivity index (χ2v) is 24.1. The van der Waals surface area contributed by atoms with Crippen molar-refractivity contribution in [1.82, 2.24) is 0 Å². The summed E-state index contributed by atoms with van der Waals surface area (Å²) in [5.74, 6) is -1.67. The molecule has 0 heterocycles. The largest absolute Gasteiger partial charge is 0.472 e. The molecule has 16 nitrogen and oxygen atoms in total. The maximum absolute atomic E-state index is 12.9. The van der Waals surface area contributed by atoms with Crippen LogP contribution in [-0.4, -0.2) is 95.9 Å². The molecular formula is C67H114O16P2. The SMILES string of the molecule is CC/C=C\C/C=C\C/C=C\C/C=C\C/C=C\CCCC(=O)OCC(COP(=O)(O)OCC(O)COP(=O)(O)OCC(O)COC(=O)CCCCCCCC/C=C\C/C=C\C/C=C\CCCCC)OC(=O)CCCCCCC/C=C\CCCCCC. The molecule has 0 aromatic heterocycles. The molecular weight excluding hydrogens is 1120 g/mol. The van der Waals surface area contributed by atoms with Gasteiger partial charge >= 0.3 is 33.6 Å². The van der Waals surface area contributed by atoms with Gasteiger partial charge in [-0.3, -0.25) is 32.5 Å². The first-order valence-corrected chi connectivity index (χ1v) is 35.2. The van der Waals surface area contributed by atoms with E-state index in [1.165, 1.54) is 44.9 Å². The first kappa shape index (κ1) is 81.2. The third kappa shape index (κ3) is 61.6. The highest BCUT2D eigenvalue weighted by atomic mass is 31.2. The number of aliphatic hydroxyl groups is 2. The number of rotatable bonds is 60. The number of ether oxygens (including phenoxy) is 3. The summed E-state index contributed by atoms with van der Waals surface area (Å²) in [7, 11) is -9.79. The molecule has 488 valence electrons. The molecule has 5 atom stereocenters. The molecule has 0 radical (unpaired) electrons.